The monoisotopic (exact) mass is 501 g/mol. The zero-order valence-electron chi connectivity index (χ0n) is 23.0. The van der Waals surface area contributed by atoms with E-state index in [-0.39, 0.29) is 25.4 Å². The van der Waals surface area contributed by atoms with E-state index in [0.717, 1.165) is 0 Å². The summed E-state index contributed by atoms with van der Waals surface area (Å²) in [6.45, 7) is 21.0. The molecule has 0 aliphatic carbocycles. The highest BCUT2D eigenvalue weighted by Crippen LogP contribution is 2.43. The van der Waals surface area contributed by atoms with Crippen LogP contribution in [0.25, 0.3) is 0 Å². The molecule has 34 heavy (non-hydrogen) atoms. The van der Waals surface area contributed by atoms with Gasteiger partial charge in [0, 0.05) is 12.8 Å². The number of aliphatic hydroxyl groups is 1. The first-order valence-electron chi connectivity index (χ1n) is 12.4. The number of rotatable bonds is 10. The van der Waals surface area contributed by atoms with Crippen molar-refractivity contribution in [2.75, 3.05) is 13.2 Å². The minimum Gasteiger partial charge on any atom is -0.465 e. The number of Topliss-reactive ketones (excluding diaryl/α,β-unsaturated/α-hetero) is 1. The van der Waals surface area contributed by atoms with Crippen LogP contribution < -0.4 is 0 Å². The van der Waals surface area contributed by atoms with Crippen LogP contribution in [0.5, 0.6) is 0 Å². The Balaban J connectivity index is 3.34. The number of ether oxygens (including phenoxy) is 2. The van der Waals surface area contributed by atoms with Crippen LogP contribution in [0.4, 0.5) is 4.79 Å². The lowest BCUT2D eigenvalue weighted by atomic mass is 9.95. The summed E-state index contributed by atoms with van der Waals surface area (Å²) in [5, 5.41) is 11.4. The summed E-state index contributed by atoms with van der Waals surface area (Å²) in [5.74, 6) is -1.08. The van der Waals surface area contributed by atoms with Crippen LogP contribution in [0.2, 0.25) is 16.6 Å². The molecule has 1 amide bonds. The van der Waals surface area contributed by atoms with E-state index in [4.69, 9.17) is 13.9 Å². The largest absolute Gasteiger partial charge is 0.465 e. The van der Waals surface area contributed by atoms with Crippen molar-refractivity contribution in [3.8, 4) is 0 Å². The fourth-order valence-corrected chi connectivity index (χ4v) is 11.1. The third-order valence-corrected chi connectivity index (χ3v) is 12.9. The van der Waals surface area contributed by atoms with Crippen molar-refractivity contribution in [2.24, 2.45) is 5.92 Å². The maximum Gasteiger partial charge on any atom is 0.411 e. The van der Waals surface area contributed by atoms with Gasteiger partial charge in [0.15, 0.2) is 14.1 Å². The molecule has 9 heteroatoms. The number of nitrogens with zero attached hydrogens (tertiary/aromatic N) is 1. The molecule has 1 aliphatic heterocycles. The maximum atomic E-state index is 13.2. The van der Waals surface area contributed by atoms with E-state index in [1.165, 1.54) is 18.7 Å². The summed E-state index contributed by atoms with van der Waals surface area (Å²) in [6.07, 6.45) is -1.45. The van der Waals surface area contributed by atoms with Crippen molar-refractivity contribution in [3.05, 3.63) is 0 Å². The van der Waals surface area contributed by atoms with Crippen molar-refractivity contribution in [2.45, 2.75) is 123 Å². The molecule has 0 saturated carbocycles. The third-order valence-electron chi connectivity index (χ3n) is 6.85. The van der Waals surface area contributed by atoms with Gasteiger partial charge in [-0.3, -0.25) is 14.5 Å². The molecule has 4 atom stereocenters. The SMILES string of the molecule is CC(=O)OCC1CC(C(C)=O)N(C(=O)OC(C)(C)C)C1C(O)CO[Si](C(C)C)(C(C)C)C(C)C. The zero-order chi connectivity index (χ0) is 26.6. The number of aliphatic hydroxyl groups excluding tert-OH is 1. The van der Waals surface area contributed by atoms with E-state index in [2.05, 4.69) is 41.5 Å². The molecule has 0 radical (unpaired) electrons. The Kier molecular flexibility index (Phi) is 10.8. The molecule has 1 N–H and O–H groups in total. The molecule has 1 saturated heterocycles. The first-order valence-corrected chi connectivity index (χ1v) is 14.6. The predicted molar refractivity (Wildman–Crippen MR) is 134 cm³/mol. The standard InChI is InChI=1S/C25H47NO7Si/c1-15(2)34(16(3)4,17(5)6)32-14-22(29)23-20(13-31-19(8)28)12-21(18(7)27)26(23)24(30)33-25(9,10)11/h15-17,20-23,29H,12-14H2,1-11H3. The first-order chi connectivity index (χ1) is 15.5. The predicted octanol–water partition coefficient (Wildman–Crippen LogP) is 4.69. The number of carbonyl (C=O) groups excluding carboxylic acids is 3. The Morgan fingerprint density at radius 2 is 1.50 bits per heavy atom. The fraction of sp³-hybridized carbons (Fsp3) is 0.880. The first kappa shape index (κ1) is 30.6. The summed E-state index contributed by atoms with van der Waals surface area (Å²) >= 11 is 0. The van der Waals surface area contributed by atoms with Crippen LogP contribution in [0.3, 0.4) is 0 Å². The zero-order valence-corrected chi connectivity index (χ0v) is 24.0. The minimum atomic E-state index is -2.27. The molecule has 0 aromatic rings. The van der Waals surface area contributed by atoms with Gasteiger partial charge in [-0.25, -0.2) is 4.79 Å². The Labute approximate surface area is 206 Å². The number of carbonyl (C=O) groups is 3. The highest BCUT2D eigenvalue weighted by Gasteiger charge is 2.52. The Morgan fingerprint density at radius 3 is 1.88 bits per heavy atom. The van der Waals surface area contributed by atoms with Gasteiger partial charge < -0.3 is 19.0 Å². The molecule has 4 unspecified atom stereocenters. The lowest BCUT2D eigenvalue weighted by Gasteiger charge is -2.43. The number of esters is 1. The average Bonchev–Trinajstić information content (AvgIpc) is 3.04. The van der Waals surface area contributed by atoms with Gasteiger partial charge in [-0.2, -0.15) is 0 Å². The highest BCUT2D eigenvalue weighted by atomic mass is 28.4. The third kappa shape index (κ3) is 7.27. The van der Waals surface area contributed by atoms with Crippen LogP contribution in [0, 0.1) is 5.92 Å². The van der Waals surface area contributed by atoms with E-state index in [1.807, 2.05) is 0 Å². The van der Waals surface area contributed by atoms with Crippen molar-refractivity contribution in [1.29, 1.82) is 0 Å². The van der Waals surface area contributed by atoms with Gasteiger partial charge in [0.05, 0.1) is 31.4 Å². The number of ketones is 1. The van der Waals surface area contributed by atoms with Crippen molar-refractivity contribution in [1.82, 2.24) is 4.90 Å². The van der Waals surface area contributed by atoms with Gasteiger partial charge >= 0.3 is 12.1 Å². The molecule has 1 aliphatic rings. The van der Waals surface area contributed by atoms with Gasteiger partial charge in [0.25, 0.3) is 0 Å². The molecular formula is C25H47NO7Si. The maximum absolute atomic E-state index is 13.2. The molecule has 8 nitrogen and oxygen atoms in total. The van der Waals surface area contributed by atoms with Crippen LogP contribution >= 0.6 is 0 Å². The molecule has 0 aromatic heterocycles. The second-order valence-electron chi connectivity index (χ2n) is 11.5. The molecule has 198 valence electrons. The van der Waals surface area contributed by atoms with E-state index in [9.17, 15) is 19.5 Å². The summed E-state index contributed by atoms with van der Waals surface area (Å²) < 4.78 is 17.5. The summed E-state index contributed by atoms with van der Waals surface area (Å²) in [4.78, 5) is 38.5. The van der Waals surface area contributed by atoms with Gasteiger partial charge in [0.1, 0.15) is 5.60 Å². The van der Waals surface area contributed by atoms with Crippen LogP contribution in [0.1, 0.15) is 82.6 Å². The Hall–Kier alpha value is -1.45. The van der Waals surface area contributed by atoms with Gasteiger partial charge in [-0.15, -0.1) is 0 Å². The normalized spacial score (nSPS) is 22.4. The molecule has 1 heterocycles. The summed E-state index contributed by atoms with van der Waals surface area (Å²) in [7, 11) is -2.27. The van der Waals surface area contributed by atoms with Gasteiger partial charge in [-0.05, 0) is 50.7 Å². The molecular weight excluding hydrogens is 454 g/mol. The summed E-state index contributed by atoms with van der Waals surface area (Å²) in [6, 6.07) is -1.54. The highest BCUT2D eigenvalue weighted by molar-refractivity contribution is 6.77. The Bertz CT molecular complexity index is 695. The quantitative estimate of drug-likeness (QED) is 0.342. The molecule has 1 fully saturated rings. The second kappa shape index (κ2) is 12.0. The van der Waals surface area contributed by atoms with Crippen LogP contribution in [-0.2, 0) is 23.5 Å². The van der Waals surface area contributed by atoms with E-state index in [1.54, 1.807) is 20.8 Å². The summed E-state index contributed by atoms with van der Waals surface area (Å²) in [5.41, 5.74) is 0.207. The van der Waals surface area contributed by atoms with Crippen molar-refractivity contribution in [3.63, 3.8) is 0 Å². The Morgan fingerprint density at radius 1 is 1.00 bits per heavy atom. The minimum absolute atomic E-state index is 0.00124. The van der Waals surface area contributed by atoms with Gasteiger partial charge in [-0.1, -0.05) is 41.5 Å². The lowest BCUT2D eigenvalue weighted by Crippen LogP contribution is -2.55. The van der Waals surface area contributed by atoms with E-state index in [0.29, 0.717) is 16.6 Å². The fourth-order valence-electron chi connectivity index (χ4n) is 5.62. The van der Waals surface area contributed by atoms with E-state index < -0.39 is 50.1 Å². The van der Waals surface area contributed by atoms with Crippen molar-refractivity contribution < 1.29 is 33.4 Å². The number of likely N-dealkylation sites (tertiary alicyclic amines) is 1. The number of hydrogen-bond acceptors (Lipinski definition) is 7. The molecule has 1 rings (SSSR count). The van der Waals surface area contributed by atoms with Crippen LogP contribution in [-0.4, -0.2) is 73.2 Å². The second-order valence-corrected chi connectivity index (χ2v) is 17.0. The molecule has 0 bridgehead atoms. The molecule has 0 aromatic carbocycles. The number of hydrogen-bond donors (Lipinski definition) is 1. The van der Waals surface area contributed by atoms with E-state index >= 15 is 0 Å². The van der Waals surface area contributed by atoms with Crippen LogP contribution in [0.15, 0.2) is 0 Å². The molecule has 0 spiro atoms. The average molecular weight is 502 g/mol. The topological polar surface area (TPSA) is 102 Å². The smallest absolute Gasteiger partial charge is 0.411 e. The number of amides is 1. The lowest BCUT2D eigenvalue weighted by molar-refractivity contribution is -0.143. The van der Waals surface area contributed by atoms with Crippen molar-refractivity contribution >= 4 is 26.2 Å². The van der Waals surface area contributed by atoms with Gasteiger partial charge in [0.2, 0.25) is 0 Å².